The number of carboxylic acid groups (broad SMARTS) is 2. The molecule has 0 aliphatic carbocycles. The molecule has 1 aromatic heterocycles. The van der Waals surface area contributed by atoms with Crippen molar-refractivity contribution < 1.29 is 24.6 Å². The minimum Gasteiger partial charge on any atom is -0.481 e. The van der Waals surface area contributed by atoms with Crippen molar-refractivity contribution in [2.75, 3.05) is 0 Å². The molecule has 0 saturated carbocycles. The average Bonchev–Trinajstić information content (AvgIpc) is 2.87. The number of nitrogens with one attached hydrogen (secondary N) is 1. The second-order valence-corrected chi connectivity index (χ2v) is 4.26. The first-order chi connectivity index (χ1) is 9.49. The van der Waals surface area contributed by atoms with Crippen LogP contribution in [0.5, 0.6) is 0 Å². The highest BCUT2D eigenvalue weighted by Crippen LogP contribution is 2.02. The minimum atomic E-state index is -1.16. The summed E-state index contributed by atoms with van der Waals surface area (Å²) in [4.78, 5) is 32.9. The van der Waals surface area contributed by atoms with Crippen molar-refractivity contribution in [3.63, 3.8) is 0 Å². The van der Waals surface area contributed by atoms with Crippen molar-refractivity contribution in [2.45, 2.75) is 38.3 Å². The van der Waals surface area contributed by atoms with Gasteiger partial charge in [0.05, 0.1) is 0 Å². The van der Waals surface area contributed by atoms with Crippen LogP contribution in [0, 0.1) is 0 Å². The number of aryl methyl sites for hydroxylation is 1. The fourth-order valence-electron chi connectivity index (χ4n) is 1.63. The van der Waals surface area contributed by atoms with Gasteiger partial charge in [-0.3, -0.25) is 14.3 Å². The molecule has 0 fully saturated rings. The lowest BCUT2D eigenvalue weighted by atomic mass is 10.1. The van der Waals surface area contributed by atoms with Crippen LogP contribution in [0.3, 0.4) is 0 Å². The second-order valence-electron chi connectivity index (χ2n) is 4.26. The van der Waals surface area contributed by atoms with Crippen LogP contribution in [0.2, 0.25) is 0 Å². The van der Waals surface area contributed by atoms with E-state index in [-0.39, 0.29) is 25.7 Å². The number of hydrogen-bond acceptors (Lipinski definition) is 4. The number of carbonyl (C=O) groups is 3. The van der Waals surface area contributed by atoms with E-state index in [1.165, 1.54) is 0 Å². The Morgan fingerprint density at radius 3 is 2.55 bits per heavy atom. The van der Waals surface area contributed by atoms with Gasteiger partial charge in [0.2, 0.25) is 5.91 Å². The molecular weight excluding hydrogens is 266 g/mol. The van der Waals surface area contributed by atoms with Crippen LogP contribution in [0.15, 0.2) is 18.5 Å². The molecule has 1 heterocycles. The molecule has 0 saturated heterocycles. The largest absolute Gasteiger partial charge is 0.481 e. The molecule has 0 bridgehead atoms. The lowest BCUT2D eigenvalue weighted by Gasteiger charge is -2.14. The monoisotopic (exact) mass is 283 g/mol. The van der Waals surface area contributed by atoms with Gasteiger partial charge in [-0.15, -0.1) is 0 Å². The predicted octanol–water partition coefficient (Wildman–Crippen LogP) is 0.0975. The number of nitrogens with zero attached hydrogens (tertiary/aromatic N) is 2. The van der Waals surface area contributed by atoms with Gasteiger partial charge in [-0.1, -0.05) is 0 Å². The third-order valence-corrected chi connectivity index (χ3v) is 2.64. The van der Waals surface area contributed by atoms with Crippen LogP contribution in [0.25, 0.3) is 0 Å². The normalized spacial score (nSPS) is 11.8. The van der Waals surface area contributed by atoms with Crippen LogP contribution in [0.1, 0.15) is 25.7 Å². The van der Waals surface area contributed by atoms with E-state index in [9.17, 15) is 14.4 Å². The number of carbonyl (C=O) groups excluding carboxylic acids is 1. The molecule has 1 atom stereocenters. The van der Waals surface area contributed by atoms with E-state index in [0.29, 0.717) is 6.54 Å². The maximum absolute atomic E-state index is 11.6. The molecule has 1 aromatic rings. The summed E-state index contributed by atoms with van der Waals surface area (Å²) in [6.45, 7) is 0.361. The second kappa shape index (κ2) is 7.93. The van der Waals surface area contributed by atoms with Gasteiger partial charge in [-0.2, -0.15) is 5.10 Å². The number of carboxylic acids is 2. The molecule has 0 aliphatic heterocycles. The Balaban J connectivity index is 2.34. The average molecular weight is 283 g/mol. The third kappa shape index (κ3) is 5.98. The summed E-state index contributed by atoms with van der Waals surface area (Å²) in [5, 5.41) is 23.8. The molecule has 0 unspecified atom stereocenters. The molecule has 0 aliphatic rings. The van der Waals surface area contributed by atoms with Crippen LogP contribution < -0.4 is 5.32 Å². The maximum atomic E-state index is 11.6. The predicted molar refractivity (Wildman–Crippen MR) is 67.9 cm³/mol. The van der Waals surface area contributed by atoms with E-state index in [1.54, 1.807) is 23.1 Å². The molecule has 20 heavy (non-hydrogen) atoms. The lowest BCUT2D eigenvalue weighted by molar-refractivity contribution is -0.142. The van der Waals surface area contributed by atoms with Gasteiger partial charge in [0, 0.05) is 31.8 Å². The van der Waals surface area contributed by atoms with E-state index in [4.69, 9.17) is 10.2 Å². The number of rotatable bonds is 9. The smallest absolute Gasteiger partial charge is 0.326 e. The van der Waals surface area contributed by atoms with Crippen LogP contribution >= 0.6 is 0 Å². The molecular formula is C12H17N3O5. The van der Waals surface area contributed by atoms with E-state index >= 15 is 0 Å². The summed E-state index contributed by atoms with van der Waals surface area (Å²) < 4.78 is 1.57. The van der Waals surface area contributed by atoms with Crippen molar-refractivity contribution in [3.05, 3.63) is 18.5 Å². The number of amides is 1. The van der Waals surface area contributed by atoms with Gasteiger partial charge in [0.1, 0.15) is 6.04 Å². The Morgan fingerprint density at radius 1 is 1.25 bits per heavy atom. The Labute approximate surface area is 115 Å². The first-order valence-electron chi connectivity index (χ1n) is 6.20. The highest BCUT2D eigenvalue weighted by atomic mass is 16.4. The molecule has 8 heteroatoms. The standard InChI is InChI=1S/C12H17N3O5/c16-10(5-8-15-7-2-6-13-15)14-9(12(19)20)3-1-4-11(17)18/h2,6-7,9H,1,3-5,8H2,(H,14,16)(H,17,18)(H,19,20)/t9-/m1/s1. The number of aliphatic carboxylic acids is 2. The van der Waals surface area contributed by atoms with Crippen molar-refractivity contribution in [3.8, 4) is 0 Å². The molecule has 8 nitrogen and oxygen atoms in total. The van der Waals surface area contributed by atoms with Gasteiger partial charge < -0.3 is 15.5 Å². The zero-order chi connectivity index (χ0) is 15.0. The minimum absolute atomic E-state index is 0.0924. The van der Waals surface area contributed by atoms with Crippen molar-refractivity contribution in [1.82, 2.24) is 15.1 Å². The topological polar surface area (TPSA) is 122 Å². The molecule has 110 valence electrons. The van der Waals surface area contributed by atoms with Crippen molar-refractivity contribution in [2.24, 2.45) is 0 Å². The summed E-state index contributed by atoms with van der Waals surface area (Å²) in [5.41, 5.74) is 0. The summed E-state index contributed by atoms with van der Waals surface area (Å²) in [7, 11) is 0. The summed E-state index contributed by atoms with van der Waals surface area (Å²) in [6.07, 6.45) is 3.58. The highest BCUT2D eigenvalue weighted by molar-refractivity contribution is 5.83. The molecule has 0 radical (unpaired) electrons. The maximum Gasteiger partial charge on any atom is 0.326 e. The van der Waals surface area contributed by atoms with Crippen LogP contribution in [-0.4, -0.2) is 43.9 Å². The van der Waals surface area contributed by atoms with Gasteiger partial charge in [-0.05, 0) is 18.9 Å². The molecule has 0 spiro atoms. The van der Waals surface area contributed by atoms with E-state index < -0.39 is 23.9 Å². The Morgan fingerprint density at radius 2 is 2.00 bits per heavy atom. The van der Waals surface area contributed by atoms with Crippen LogP contribution in [-0.2, 0) is 20.9 Å². The lowest BCUT2D eigenvalue weighted by Crippen LogP contribution is -2.41. The van der Waals surface area contributed by atoms with Crippen molar-refractivity contribution >= 4 is 17.8 Å². The molecule has 0 aromatic carbocycles. The first kappa shape index (κ1) is 15.7. The Hall–Kier alpha value is -2.38. The fourth-order valence-corrected chi connectivity index (χ4v) is 1.63. The molecule has 1 amide bonds. The fraction of sp³-hybridized carbons (Fsp3) is 0.500. The number of aromatic nitrogens is 2. The SMILES string of the molecule is O=C(O)CCC[C@@H](NC(=O)CCn1cccn1)C(=O)O. The molecule has 3 N–H and O–H groups in total. The summed E-state index contributed by atoms with van der Waals surface area (Å²) >= 11 is 0. The summed E-state index contributed by atoms with van der Waals surface area (Å²) in [6, 6.07) is 0.670. The van der Waals surface area contributed by atoms with E-state index in [1.807, 2.05) is 0 Å². The summed E-state index contributed by atoms with van der Waals surface area (Å²) in [5.74, 6) is -2.55. The van der Waals surface area contributed by atoms with Gasteiger partial charge >= 0.3 is 11.9 Å². The van der Waals surface area contributed by atoms with E-state index in [0.717, 1.165) is 0 Å². The van der Waals surface area contributed by atoms with Gasteiger partial charge in [0.25, 0.3) is 0 Å². The quantitative estimate of drug-likeness (QED) is 0.590. The Kier molecular flexibility index (Phi) is 6.21. The Bertz CT molecular complexity index is 458. The van der Waals surface area contributed by atoms with Crippen LogP contribution in [0.4, 0.5) is 0 Å². The van der Waals surface area contributed by atoms with Gasteiger partial charge in [-0.25, -0.2) is 4.79 Å². The number of hydrogen-bond donors (Lipinski definition) is 3. The molecule has 1 rings (SSSR count). The zero-order valence-corrected chi connectivity index (χ0v) is 10.9. The van der Waals surface area contributed by atoms with Gasteiger partial charge in [0.15, 0.2) is 0 Å². The van der Waals surface area contributed by atoms with Crippen molar-refractivity contribution in [1.29, 1.82) is 0 Å². The zero-order valence-electron chi connectivity index (χ0n) is 10.9. The van der Waals surface area contributed by atoms with E-state index in [2.05, 4.69) is 10.4 Å². The third-order valence-electron chi connectivity index (χ3n) is 2.64. The highest BCUT2D eigenvalue weighted by Gasteiger charge is 2.19. The first-order valence-corrected chi connectivity index (χ1v) is 6.20.